The number of quaternary nitrogens is 1. The second-order valence-electron chi connectivity index (χ2n) is 18.5. The van der Waals surface area contributed by atoms with Crippen molar-refractivity contribution >= 4 is 39.4 Å². The zero-order valence-electron chi connectivity index (χ0n) is 36.7. The Morgan fingerprint density at radius 1 is 1.03 bits per heavy atom. The van der Waals surface area contributed by atoms with Gasteiger partial charge >= 0.3 is 11.9 Å². The molecule has 2 aromatic rings. The Balaban J connectivity index is 0.000000254. The number of fused-ring (bicyclic) bond motifs is 2. The smallest absolute Gasteiger partial charge is 0.316 e. The maximum Gasteiger partial charge on any atom is 0.316 e. The number of rotatable bonds is 16. The van der Waals surface area contributed by atoms with E-state index < -0.39 is 0 Å². The van der Waals surface area contributed by atoms with E-state index in [2.05, 4.69) is 84.1 Å². The number of amidine groups is 1. The summed E-state index contributed by atoms with van der Waals surface area (Å²) in [6.07, 6.45) is 10.2. The van der Waals surface area contributed by atoms with E-state index in [1.54, 1.807) is 0 Å². The monoisotopic (exact) mass is 950 g/mol. The number of ether oxygens (including phenoxy) is 3. The molecule has 4 aliphatic heterocycles. The molecule has 324 valence electrons. The molecule has 58 heavy (non-hydrogen) atoms. The molecular weight excluding hydrogens is 880 g/mol. The number of unbranched alkanes of at least 4 members (excludes halogenated alkanes) is 1. The van der Waals surface area contributed by atoms with Crippen LogP contribution in [0.1, 0.15) is 112 Å². The predicted molar refractivity (Wildman–Crippen MR) is 238 cm³/mol. The summed E-state index contributed by atoms with van der Waals surface area (Å²) in [6.45, 7) is 14.5. The molecule has 0 aliphatic carbocycles. The fraction of sp³-hybridized carbons (Fsp3) is 0.674. The van der Waals surface area contributed by atoms with Gasteiger partial charge in [-0.2, -0.15) is 0 Å². The number of hydrogen-bond donors (Lipinski definition) is 1. The topological polar surface area (TPSA) is 89.5 Å². The molecule has 3 saturated heterocycles. The summed E-state index contributed by atoms with van der Waals surface area (Å²) in [5, 5.41) is 4.13. The number of aliphatic imine (C=N–C) groups is 1. The molecule has 4 heterocycles. The van der Waals surface area contributed by atoms with Crippen LogP contribution in [0.4, 0.5) is 0 Å². The molecule has 5 atom stereocenters. The van der Waals surface area contributed by atoms with E-state index >= 15 is 0 Å². The SMILES string of the molecule is CN1C2CC[C@H]1CC(OC(=O)C(COCC[N+](C)(C)C)c1ccccc1)C2.Cc1cc(C(C)(C)C)c(OC(=O)CCCCC2CCSS2)c(C)c1CC1=NCCN1.[I-]. The Morgan fingerprint density at radius 2 is 1.74 bits per heavy atom. The second kappa shape index (κ2) is 22.8. The average molecular weight is 951 g/mol. The molecular formula is C46H71IN4O5S2. The van der Waals surface area contributed by atoms with Crippen molar-refractivity contribution in [1.29, 1.82) is 0 Å². The van der Waals surface area contributed by atoms with Crippen molar-refractivity contribution in [3.8, 4) is 5.75 Å². The minimum atomic E-state index is -0.351. The summed E-state index contributed by atoms with van der Waals surface area (Å²) in [6, 6.07) is 13.2. The van der Waals surface area contributed by atoms with Crippen molar-refractivity contribution < 1.29 is 52.3 Å². The molecule has 0 radical (unpaired) electrons. The molecule has 12 heteroatoms. The normalized spacial score (nSPS) is 22.3. The number of nitrogens with one attached hydrogen (secondary N) is 1. The van der Waals surface area contributed by atoms with Crippen LogP contribution in [-0.2, 0) is 30.9 Å². The molecule has 2 aromatic carbocycles. The highest BCUT2D eigenvalue weighted by atomic mass is 127. The molecule has 2 bridgehead atoms. The van der Waals surface area contributed by atoms with Gasteiger partial charge in [-0.25, -0.2) is 0 Å². The van der Waals surface area contributed by atoms with Crippen LogP contribution in [0.5, 0.6) is 5.75 Å². The van der Waals surface area contributed by atoms with Gasteiger partial charge in [0.15, 0.2) is 0 Å². The van der Waals surface area contributed by atoms with E-state index in [0.29, 0.717) is 31.7 Å². The number of benzene rings is 2. The lowest BCUT2D eigenvalue weighted by molar-refractivity contribution is -0.870. The van der Waals surface area contributed by atoms with E-state index in [4.69, 9.17) is 14.2 Å². The highest BCUT2D eigenvalue weighted by Crippen LogP contribution is 2.41. The highest BCUT2D eigenvalue weighted by molar-refractivity contribution is 8.77. The summed E-state index contributed by atoms with van der Waals surface area (Å²) in [7, 11) is 12.6. The largest absolute Gasteiger partial charge is 1.00 e. The Morgan fingerprint density at radius 3 is 2.34 bits per heavy atom. The van der Waals surface area contributed by atoms with E-state index in [0.717, 1.165) is 89.7 Å². The van der Waals surface area contributed by atoms with Crippen molar-refractivity contribution in [3.63, 3.8) is 0 Å². The van der Waals surface area contributed by atoms with Crippen LogP contribution in [0.2, 0.25) is 0 Å². The van der Waals surface area contributed by atoms with Gasteiger partial charge in [0.1, 0.15) is 30.2 Å². The number of esters is 2. The van der Waals surface area contributed by atoms with Gasteiger partial charge in [-0.15, -0.1) is 0 Å². The lowest BCUT2D eigenvalue weighted by Crippen LogP contribution is -3.00. The maximum atomic E-state index is 13.0. The summed E-state index contributed by atoms with van der Waals surface area (Å²) < 4.78 is 18.7. The zero-order valence-corrected chi connectivity index (χ0v) is 40.5. The first-order chi connectivity index (χ1) is 27.1. The van der Waals surface area contributed by atoms with E-state index in [-0.39, 0.29) is 53.4 Å². The van der Waals surface area contributed by atoms with Crippen molar-refractivity contribution in [2.45, 2.75) is 134 Å². The van der Waals surface area contributed by atoms with Gasteiger partial charge in [0.05, 0.1) is 40.9 Å². The number of carbonyl (C=O) groups excluding carboxylic acids is 2. The van der Waals surface area contributed by atoms with Gasteiger partial charge in [0, 0.05) is 48.0 Å². The molecule has 4 unspecified atom stereocenters. The minimum absolute atomic E-state index is 0. The summed E-state index contributed by atoms with van der Waals surface area (Å²) >= 11 is 0. The zero-order chi connectivity index (χ0) is 41.2. The van der Waals surface area contributed by atoms with Gasteiger partial charge < -0.3 is 52.9 Å². The first kappa shape index (κ1) is 48.8. The minimum Gasteiger partial charge on any atom is -1.00 e. The first-order valence-corrected chi connectivity index (χ1v) is 23.7. The predicted octanol–water partition coefficient (Wildman–Crippen LogP) is 5.43. The maximum absolute atomic E-state index is 13.0. The van der Waals surface area contributed by atoms with Crippen molar-refractivity contribution in [2.24, 2.45) is 4.99 Å². The lowest BCUT2D eigenvalue weighted by atomic mass is 9.82. The average Bonchev–Trinajstić information content (AvgIpc) is 3.91. The quantitative estimate of drug-likeness (QED) is 0.0592. The molecule has 0 spiro atoms. The van der Waals surface area contributed by atoms with E-state index in [1.165, 1.54) is 42.6 Å². The van der Waals surface area contributed by atoms with Crippen LogP contribution in [0.25, 0.3) is 0 Å². The Kier molecular flexibility index (Phi) is 19.2. The molecule has 1 N–H and O–H groups in total. The van der Waals surface area contributed by atoms with Gasteiger partial charge in [0.25, 0.3) is 0 Å². The Labute approximate surface area is 375 Å². The van der Waals surface area contributed by atoms with Crippen LogP contribution < -0.4 is 34.0 Å². The van der Waals surface area contributed by atoms with E-state index in [1.807, 2.05) is 51.9 Å². The third-order valence-corrected chi connectivity index (χ3v) is 14.9. The Bertz CT molecular complexity index is 1640. The number of carbonyl (C=O) groups is 2. The van der Waals surface area contributed by atoms with Crippen LogP contribution in [0, 0.1) is 13.8 Å². The fourth-order valence-corrected chi connectivity index (χ4v) is 11.3. The fourth-order valence-electron chi connectivity index (χ4n) is 8.30. The molecule has 4 aliphatic rings. The summed E-state index contributed by atoms with van der Waals surface area (Å²) in [5.41, 5.74) is 5.52. The molecule has 0 saturated carbocycles. The molecule has 9 nitrogen and oxygen atoms in total. The van der Waals surface area contributed by atoms with Crippen molar-refractivity contribution in [2.75, 3.05) is 66.8 Å². The first-order valence-electron chi connectivity index (χ1n) is 21.3. The van der Waals surface area contributed by atoms with Crippen LogP contribution in [0.15, 0.2) is 41.4 Å². The van der Waals surface area contributed by atoms with Gasteiger partial charge in [0.2, 0.25) is 0 Å². The molecule has 0 aromatic heterocycles. The number of nitrogens with zero attached hydrogens (tertiary/aromatic N) is 3. The van der Waals surface area contributed by atoms with Gasteiger partial charge in [-0.1, -0.05) is 85.2 Å². The van der Waals surface area contributed by atoms with Crippen molar-refractivity contribution in [1.82, 2.24) is 10.2 Å². The standard InChI is InChI=1S/C24H36N2O2S2.C22H35N2O3.HI/c1-16-14-20(24(3,4)5)23(17(2)19(16)15-21-25-11-12-26-21)28-22(27)9-7-6-8-18-10-13-29-30-18;1-23-18-10-11-19(23)15-20(14-18)27-22(25)21(17-8-6-5-7-9-17)16-26-13-12-24(2,3)4;/h14,18H,6-13,15H2,1-5H3,(H,25,26);5-9,18-21H,10-16H2,1-4H3;1H/q;+1;/p-1/t;18-,19?,20?,21?;/m.0./s1. The number of hydrogen-bond acceptors (Lipinski definition) is 10. The molecule has 6 rings (SSSR count). The van der Waals surface area contributed by atoms with Crippen LogP contribution in [0.3, 0.4) is 0 Å². The van der Waals surface area contributed by atoms with Crippen LogP contribution >= 0.6 is 21.6 Å². The van der Waals surface area contributed by atoms with Gasteiger partial charge in [-0.05, 0) is 93.5 Å². The lowest BCUT2D eigenvalue weighted by Gasteiger charge is -2.36. The number of aryl methyl sites for hydroxylation is 1. The van der Waals surface area contributed by atoms with Crippen LogP contribution in [-0.4, -0.2) is 117 Å². The van der Waals surface area contributed by atoms with Gasteiger partial charge in [-0.3, -0.25) is 14.6 Å². The number of piperidine rings is 1. The number of halogens is 1. The Hall–Kier alpha value is -1.84. The highest BCUT2D eigenvalue weighted by Gasteiger charge is 2.40. The third kappa shape index (κ3) is 14.7. The third-order valence-electron chi connectivity index (χ3n) is 11.9. The second-order valence-corrected chi connectivity index (χ2v) is 21.3. The molecule has 0 amide bonds. The van der Waals surface area contributed by atoms with E-state index in [9.17, 15) is 9.59 Å². The summed E-state index contributed by atoms with van der Waals surface area (Å²) in [5.74, 6) is 2.46. The number of likely N-dealkylation sites (N-methyl/N-ethyl adjacent to an activating group) is 1. The molecule has 3 fully saturated rings. The van der Waals surface area contributed by atoms with Crippen molar-refractivity contribution in [3.05, 3.63) is 64.2 Å². The summed E-state index contributed by atoms with van der Waals surface area (Å²) in [4.78, 5) is 32.7.